The van der Waals surface area contributed by atoms with Crippen molar-refractivity contribution < 1.29 is 46.9 Å². The summed E-state index contributed by atoms with van der Waals surface area (Å²) in [5.41, 5.74) is 0. The molecule has 0 radical (unpaired) electrons. The van der Waals surface area contributed by atoms with Crippen LogP contribution in [0.4, 0.5) is 0 Å². The molecule has 40 valence electrons. The second-order valence-corrected chi connectivity index (χ2v) is 1.39. The summed E-state index contributed by atoms with van der Waals surface area (Å²) in [5.74, 6) is 0.583. The normalized spacial score (nSPS) is 7.20. The first-order valence-electron chi connectivity index (χ1n) is 1.56. The molecule has 0 atom stereocenters. The fourth-order valence-corrected chi connectivity index (χ4v) is 0. The van der Waals surface area contributed by atoms with E-state index in [-0.39, 0.29) is 46.9 Å². The van der Waals surface area contributed by atoms with Crippen molar-refractivity contribution in [2.75, 3.05) is 0 Å². The molecule has 1 heteroatoms. The molecule has 0 heterocycles. The molecule has 0 amide bonds. The first kappa shape index (κ1) is 9.72. The summed E-state index contributed by atoms with van der Waals surface area (Å²) >= 11 is 0. The fraction of sp³-hybridized carbons (Fsp3) is 0.750. The van der Waals surface area contributed by atoms with E-state index < -0.39 is 0 Å². The maximum Gasteiger partial charge on any atom is 0 e. The van der Waals surface area contributed by atoms with Crippen LogP contribution in [0.2, 0.25) is 0 Å². The van der Waals surface area contributed by atoms with Gasteiger partial charge in [-0.25, -0.2) is 0 Å². The molecule has 5 heavy (non-hydrogen) atoms. The third kappa shape index (κ3) is 29.6. The van der Waals surface area contributed by atoms with Gasteiger partial charge in [0.05, 0.1) is 0 Å². The van der Waals surface area contributed by atoms with Crippen LogP contribution >= 0.6 is 0 Å². The molecule has 0 aromatic rings. The van der Waals surface area contributed by atoms with Crippen molar-refractivity contribution in [1.29, 1.82) is 0 Å². The Labute approximate surface area is 72.6 Å². The van der Waals surface area contributed by atoms with Crippen LogP contribution in [-0.2, 0) is 0 Å². The molecule has 0 aromatic heterocycles. The van der Waals surface area contributed by atoms with Gasteiger partial charge < -0.3 is 6.92 Å². The molecular formula is C4H9Yb-. The quantitative estimate of drug-likeness (QED) is 0.553. The van der Waals surface area contributed by atoms with E-state index in [1.54, 1.807) is 0 Å². The molecule has 0 spiro atoms. The van der Waals surface area contributed by atoms with E-state index in [0.717, 1.165) is 0 Å². The topological polar surface area (TPSA) is 0 Å². The standard InChI is InChI=1S/C4H9.Yb/c1-4(2)3;/h4H,1H2,2-3H3;/q-1;. The van der Waals surface area contributed by atoms with Crippen molar-refractivity contribution in [3.63, 3.8) is 0 Å². The zero-order chi connectivity index (χ0) is 3.58. The smallest absolute Gasteiger partial charge is 0 e. The Hall–Kier alpha value is 1.52. The number of hydrogen-bond acceptors (Lipinski definition) is 0. The minimum Gasteiger partial charge on any atom is -0.341 e. The summed E-state index contributed by atoms with van der Waals surface area (Å²) in [6.07, 6.45) is 0. The molecule has 0 nitrogen and oxygen atoms in total. The summed E-state index contributed by atoms with van der Waals surface area (Å²) in [7, 11) is 0. The number of hydrogen-bond donors (Lipinski definition) is 0. The van der Waals surface area contributed by atoms with E-state index in [9.17, 15) is 0 Å². The van der Waals surface area contributed by atoms with Crippen molar-refractivity contribution in [1.82, 2.24) is 0 Å². The van der Waals surface area contributed by atoms with E-state index in [2.05, 4.69) is 20.8 Å². The van der Waals surface area contributed by atoms with E-state index in [1.807, 2.05) is 0 Å². The second kappa shape index (κ2) is 5.52. The Morgan fingerprint density at radius 1 is 1.40 bits per heavy atom. The van der Waals surface area contributed by atoms with E-state index in [0.29, 0.717) is 5.92 Å². The van der Waals surface area contributed by atoms with Crippen LogP contribution in [-0.4, -0.2) is 0 Å². The van der Waals surface area contributed by atoms with Crippen molar-refractivity contribution in [2.45, 2.75) is 13.8 Å². The van der Waals surface area contributed by atoms with Gasteiger partial charge in [-0.2, -0.15) is 5.92 Å². The minimum atomic E-state index is 0. The maximum absolute atomic E-state index is 3.64. The van der Waals surface area contributed by atoms with E-state index >= 15 is 0 Å². The molecule has 0 saturated carbocycles. The van der Waals surface area contributed by atoms with Gasteiger partial charge in [0.15, 0.2) is 0 Å². The fourth-order valence-electron chi connectivity index (χ4n) is 0. The minimum absolute atomic E-state index is 0. The Kier molecular flexibility index (Phi) is 10.7. The number of rotatable bonds is 0. The van der Waals surface area contributed by atoms with Crippen LogP contribution in [0.5, 0.6) is 0 Å². The Morgan fingerprint density at radius 3 is 1.40 bits per heavy atom. The summed E-state index contributed by atoms with van der Waals surface area (Å²) in [4.78, 5) is 0. The zero-order valence-electron chi connectivity index (χ0n) is 3.55. The summed E-state index contributed by atoms with van der Waals surface area (Å²) in [6.45, 7) is 7.75. The maximum atomic E-state index is 3.64. The van der Waals surface area contributed by atoms with Crippen LogP contribution in [0, 0.1) is 59.8 Å². The van der Waals surface area contributed by atoms with E-state index in [4.69, 9.17) is 0 Å². The predicted molar refractivity (Wildman–Crippen MR) is 20.2 cm³/mol. The van der Waals surface area contributed by atoms with Gasteiger partial charge in [-0.15, -0.1) is 0 Å². The third-order valence-corrected chi connectivity index (χ3v) is 0. The molecule has 0 aliphatic carbocycles. The van der Waals surface area contributed by atoms with Crippen molar-refractivity contribution >= 4 is 0 Å². The molecule has 0 N–H and O–H groups in total. The third-order valence-electron chi connectivity index (χ3n) is 0. The Morgan fingerprint density at radius 2 is 1.40 bits per heavy atom. The zero-order valence-corrected chi connectivity index (χ0v) is 5.27. The molecule has 0 rings (SSSR count). The molecule has 0 unspecified atom stereocenters. The first-order valence-corrected chi connectivity index (χ1v) is 1.56. The molecule has 0 fully saturated rings. The van der Waals surface area contributed by atoms with Crippen molar-refractivity contribution in [3.05, 3.63) is 6.92 Å². The summed E-state index contributed by atoms with van der Waals surface area (Å²) in [6, 6.07) is 0. The molecule has 0 aliphatic rings. The molecule has 0 aliphatic heterocycles. The summed E-state index contributed by atoms with van der Waals surface area (Å²) < 4.78 is 0. The first-order chi connectivity index (χ1) is 1.73. The van der Waals surface area contributed by atoms with Crippen LogP contribution in [0.15, 0.2) is 0 Å². The van der Waals surface area contributed by atoms with Gasteiger partial charge in [0.2, 0.25) is 0 Å². The van der Waals surface area contributed by atoms with Gasteiger partial charge in [0.25, 0.3) is 0 Å². The van der Waals surface area contributed by atoms with Gasteiger partial charge in [0.1, 0.15) is 0 Å². The van der Waals surface area contributed by atoms with Crippen LogP contribution in [0.1, 0.15) is 13.8 Å². The van der Waals surface area contributed by atoms with Gasteiger partial charge in [-0.3, -0.25) is 0 Å². The monoisotopic (exact) mass is 231 g/mol. The van der Waals surface area contributed by atoms with Gasteiger partial charge in [-0.05, 0) is 0 Å². The average molecular weight is 230 g/mol. The van der Waals surface area contributed by atoms with Crippen molar-refractivity contribution in [2.24, 2.45) is 5.92 Å². The van der Waals surface area contributed by atoms with Crippen LogP contribution in [0.3, 0.4) is 0 Å². The largest absolute Gasteiger partial charge is 0.341 e. The molecule has 0 bridgehead atoms. The molecule has 0 saturated heterocycles. The SMILES string of the molecule is [CH2-]C(C)C.[Yb]. The molecular weight excluding hydrogens is 221 g/mol. The van der Waals surface area contributed by atoms with Gasteiger partial charge in [-0.1, -0.05) is 13.8 Å². The van der Waals surface area contributed by atoms with Gasteiger partial charge in [0, 0.05) is 46.9 Å². The summed E-state index contributed by atoms with van der Waals surface area (Å²) in [5, 5.41) is 0. The van der Waals surface area contributed by atoms with E-state index in [1.165, 1.54) is 0 Å². The second-order valence-electron chi connectivity index (χ2n) is 1.39. The Bertz CT molecular complexity index is 8.36. The average Bonchev–Trinajstić information content (AvgIpc) is 0.811. The van der Waals surface area contributed by atoms with Crippen molar-refractivity contribution in [3.8, 4) is 0 Å². The predicted octanol–water partition coefficient (Wildman–Crippen LogP) is 1.48. The van der Waals surface area contributed by atoms with Crippen LogP contribution in [0.25, 0.3) is 0 Å². The molecule has 0 aromatic carbocycles. The van der Waals surface area contributed by atoms with Crippen LogP contribution < -0.4 is 0 Å². The Balaban J connectivity index is 0. The van der Waals surface area contributed by atoms with Gasteiger partial charge >= 0.3 is 0 Å².